The van der Waals surface area contributed by atoms with E-state index >= 15 is 0 Å². The number of amides is 2. The lowest BCUT2D eigenvalue weighted by Crippen LogP contribution is -2.57. The molecule has 0 unspecified atom stereocenters. The van der Waals surface area contributed by atoms with Gasteiger partial charge in [0.15, 0.2) is 0 Å². The van der Waals surface area contributed by atoms with E-state index in [2.05, 4.69) is 5.32 Å². The molecular weight excluding hydrogens is 404 g/mol. The Balaban J connectivity index is 1.69. The molecule has 2 saturated heterocycles. The van der Waals surface area contributed by atoms with E-state index in [4.69, 9.17) is 24.7 Å². The highest BCUT2D eigenvalue weighted by molar-refractivity contribution is 5.84. The number of nitrogens with two attached hydrogens (primary N) is 1. The number of carbonyl (C=O) groups excluding carboxylic acids is 2. The normalized spacial score (nSPS) is 38.1. The molecule has 9 heteroatoms. The van der Waals surface area contributed by atoms with E-state index in [1.54, 1.807) is 34.8 Å². The minimum Gasteiger partial charge on any atom is -0.443 e. The molecule has 31 heavy (non-hydrogen) atoms. The van der Waals surface area contributed by atoms with Gasteiger partial charge in [-0.05, 0) is 52.4 Å². The zero-order valence-corrected chi connectivity index (χ0v) is 19.5. The van der Waals surface area contributed by atoms with Crippen LogP contribution in [0.5, 0.6) is 0 Å². The molecule has 0 radical (unpaired) electrons. The molecule has 9 nitrogen and oxygen atoms in total. The van der Waals surface area contributed by atoms with Crippen LogP contribution < -0.4 is 11.1 Å². The van der Waals surface area contributed by atoms with Gasteiger partial charge in [-0.2, -0.15) is 0 Å². The van der Waals surface area contributed by atoms with E-state index in [0.717, 1.165) is 12.8 Å². The molecule has 2 heterocycles. The first-order valence-electron chi connectivity index (χ1n) is 11.2. The van der Waals surface area contributed by atoms with Crippen LogP contribution in [0.15, 0.2) is 0 Å². The summed E-state index contributed by atoms with van der Waals surface area (Å²) < 4.78 is 23.6. The molecule has 2 amide bonds. The van der Waals surface area contributed by atoms with Crippen LogP contribution in [0.3, 0.4) is 0 Å². The van der Waals surface area contributed by atoms with Crippen LogP contribution in [0.2, 0.25) is 0 Å². The molecule has 2 aliphatic heterocycles. The highest BCUT2D eigenvalue weighted by atomic mass is 16.6. The van der Waals surface area contributed by atoms with Crippen molar-refractivity contribution in [2.45, 2.75) is 101 Å². The van der Waals surface area contributed by atoms with Crippen molar-refractivity contribution in [2.75, 3.05) is 13.7 Å². The lowest BCUT2D eigenvalue weighted by atomic mass is 9.68. The summed E-state index contributed by atoms with van der Waals surface area (Å²) >= 11 is 0. The van der Waals surface area contributed by atoms with Gasteiger partial charge < -0.3 is 35.1 Å². The molecule has 3 aliphatic rings. The lowest BCUT2D eigenvalue weighted by molar-refractivity contribution is -0.123. The number of rotatable bonds is 9. The van der Waals surface area contributed by atoms with Gasteiger partial charge in [0.25, 0.3) is 0 Å². The zero-order chi connectivity index (χ0) is 23.2. The summed E-state index contributed by atoms with van der Waals surface area (Å²) in [7, 11) is 1.60. The van der Waals surface area contributed by atoms with Crippen molar-refractivity contribution in [3.05, 3.63) is 0 Å². The molecule has 4 N–H and O–H groups in total. The number of methoxy groups -OCH3 is 1. The average Bonchev–Trinajstić information content (AvgIpc) is 3.56. The van der Waals surface area contributed by atoms with Gasteiger partial charge in [0.05, 0.1) is 24.2 Å². The van der Waals surface area contributed by atoms with E-state index in [1.807, 2.05) is 6.92 Å². The molecule has 0 aromatic rings. The van der Waals surface area contributed by atoms with Crippen LogP contribution in [0.4, 0.5) is 4.79 Å². The van der Waals surface area contributed by atoms with Crippen molar-refractivity contribution in [2.24, 2.45) is 17.6 Å². The molecule has 0 bridgehead atoms. The molecule has 178 valence electrons. The fourth-order valence-electron chi connectivity index (χ4n) is 5.14. The number of primary amides is 1. The van der Waals surface area contributed by atoms with Crippen molar-refractivity contribution < 1.29 is 33.6 Å². The van der Waals surface area contributed by atoms with E-state index in [-0.39, 0.29) is 23.5 Å². The third-order valence-electron chi connectivity index (χ3n) is 7.02. The number of carbonyl (C=O) groups is 2. The summed E-state index contributed by atoms with van der Waals surface area (Å²) in [6, 6.07) is -0.804. The van der Waals surface area contributed by atoms with Crippen LogP contribution in [0.1, 0.15) is 60.3 Å². The third-order valence-corrected chi connectivity index (χ3v) is 7.02. The number of epoxide rings is 2. The Morgan fingerprint density at radius 2 is 2.00 bits per heavy atom. The van der Waals surface area contributed by atoms with Crippen molar-refractivity contribution in [1.29, 1.82) is 0 Å². The Kier molecular flexibility index (Phi) is 6.64. The highest BCUT2D eigenvalue weighted by Crippen LogP contribution is 2.59. The predicted octanol–water partition coefficient (Wildman–Crippen LogP) is 1.49. The minimum absolute atomic E-state index is 0.0181. The Hall–Kier alpha value is -1.42. The SMILES string of the molecule is CO[C@@H]1[C@H](OC(=O)N[C@@H](C(N)=O)C(C)C)CC[C@]2(CO2)[C@H]1[C@@]1(C)O[C@@H]1CCC(C)(C)O. The maximum absolute atomic E-state index is 12.5. The molecule has 0 aromatic carbocycles. The monoisotopic (exact) mass is 442 g/mol. The molecule has 3 fully saturated rings. The standard InChI is InChI=1S/C22H38N2O7/c1-12(2)15(18(23)25)24-19(26)30-13-7-10-22(11-29-22)17(16(13)28-6)21(5)14(31-21)8-9-20(3,4)27/h12-17,27H,7-11H2,1-6H3,(H2,23,25)(H,24,26)/t13-,14-,15-,16-,17-,21+,22+/m1/s1. The largest absolute Gasteiger partial charge is 0.443 e. The molecular formula is C22H38N2O7. The average molecular weight is 443 g/mol. The topological polar surface area (TPSA) is 136 Å². The van der Waals surface area contributed by atoms with Gasteiger partial charge in [0.2, 0.25) is 5.91 Å². The first kappa shape index (κ1) is 24.2. The summed E-state index contributed by atoms with van der Waals surface area (Å²) in [5, 5.41) is 12.7. The Labute approximate surface area is 184 Å². The van der Waals surface area contributed by atoms with Gasteiger partial charge in [-0.15, -0.1) is 0 Å². The van der Waals surface area contributed by atoms with Gasteiger partial charge in [0, 0.05) is 7.11 Å². The van der Waals surface area contributed by atoms with Crippen molar-refractivity contribution in [3.63, 3.8) is 0 Å². The Morgan fingerprint density at radius 3 is 2.48 bits per heavy atom. The van der Waals surface area contributed by atoms with Crippen molar-refractivity contribution in [3.8, 4) is 0 Å². The second-order valence-corrected chi connectivity index (χ2v) is 10.4. The van der Waals surface area contributed by atoms with Crippen molar-refractivity contribution in [1.82, 2.24) is 5.32 Å². The van der Waals surface area contributed by atoms with Crippen molar-refractivity contribution >= 4 is 12.0 Å². The predicted molar refractivity (Wildman–Crippen MR) is 112 cm³/mol. The van der Waals surface area contributed by atoms with E-state index in [1.165, 1.54) is 0 Å². The molecule has 1 aliphatic carbocycles. The molecule has 0 aromatic heterocycles. The van der Waals surface area contributed by atoms with E-state index in [9.17, 15) is 14.7 Å². The third kappa shape index (κ3) is 5.16. The molecule has 3 rings (SSSR count). The number of hydrogen-bond donors (Lipinski definition) is 3. The summed E-state index contributed by atoms with van der Waals surface area (Å²) in [5.74, 6) is -0.864. The maximum Gasteiger partial charge on any atom is 0.408 e. The van der Waals surface area contributed by atoms with Crippen LogP contribution in [0.25, 0.3) is 0 Å². The number of nitrogens with one attached hydrogen (secondary N) is 1. The summed E-state index contributed by atoms with van der Waals surface area (Å²) in [5.41, 5.74) is 3.83. The number of hydrogen-bond acceptors (Lipinski definition) is 7. The summed E-state index contributed by atoms with van der Waals surface area (Å²) in [6.45, 7) is 9.86. The minimum atomic E-state index is -0.804. The van der Waals surface area contributed by atoms with Crippen LogP contribution in [0, 0.1) is 11.8 Å². The van der Waals surface area contributed by atoms with Gasteiger partial charge in [-0.1, -0.05) is 13.8 Å². The number of aliphatic hydroxyl groups is 1. The second-order valence-electron chi connectivity index (χ2n) is 10.4. The number of ether oxygens (including phenoxy) is 4. The Bertz CT molecular complexity index is 688. The lowest BCUT2D eigenvalue weighted by Gasteiger charge is -2.42. The summed E-state index contributed by atoms with van der Waals surface area (Å²) in [4.78, 5) is 24.2. The number of alkyl carbamates (subject to hydrolysis) is 1. The maximum atomic E-state index is 12.5. The quantitative estimate of drug-likeness (QED) is 0.460. The first-order chi connectivity index (χ1) is 14.3. The first-order valence-corrected chi connectivity index (χ1v) is 11.2. The fourth-order valence-corrected chi connectivity index (χ4v) is 5.14. The summed E-state index contributed by atoms with van der Waals surface area (Å²) in [6.07, 6.45) is 1.06. The van der Waals surface area contributed by atoms with Gasteiger partial charge in [-0.3, -0.25) is 4.79 Å². The van der Waals surface area contributed by atoms with E-state index < -0.39 is 41.5 Å². The van der Waals surface area contributed by atoms with Crippen LogP contribution >= 0.6 is 0 Å². The van der Waals surface area contributed by atoms with Gasteiger partial charge in [0.1, 0.15) is 29.5 Å². The molecule has 7 atom stereocenters. The van der Waals surface area contributed by atoms with Gasteiger partial charge >= 0.3 is 6.09 Å². The highest BCUT2D eigenvalue weighted by Gasteiger charge is 2.72. The fraction of sp³-hybridized carbons (Fsp3) is 0.909. The molecule has 1 saturated carbocycles. The Morgan fingerprint density at radius 1 is 1.35 bits per heavy atom. The smallest absolute Gasteiger partial charge is 0.408 e. The molecule has 1 spiro atoms. The van der Waals surface area contributed by atoms with E-state index in [0.29, 0.717) is 19.4 Å². The van der Waals surface area contributed by atoms with Crippen LogP contribution in [-0.4, -0.2) is 72.0 Å². The second kappa shape index (κ2) is 8.50. The van der Waals surface area contributed by atoms with Gasteiger partial charge in [-0.25, -0.2) is 4.79 Å². The van der Waals surface area contributed by atoms with Crippen LogP contribution in [-0.2, 0) is 23.7 Å². The zero-order valence-electron chi connectivity index (χ0n) is 19.5.